The highest BCUT2D eigenvalue weighted by atomic mass is 79.9. The summed E-state index contributed by atoms with van der Waals surface area (Å²) < 4.78 is 6.44. The average Bonchev–Trinajstić information content (AvgIpc) is 2.26. The minimum Gasteiger partial charge on any atom is -0.496 e. The van der Waals surface area contributed by atoms with E-state index in [9.17, 15) is 0 Å². The summed E-state index contributed by atoms with van der Waals surface area (Å²) in [6.45, 7) is 2.19. The van der Waals surface area contributed by atoms with Gasteiger partial charge in [-0.15, -0.1) is 0 Å². The highest BCUT2D eigenvalue weighted by Gasteiger charge is 2.13. The maximum atomic E-state index is 5.39. The Morgan fingerprint density at radius 3 is 2.73 bits per heavy atom. The molecule has 0 aromatic heterocycles. The van der Waals surface area contributed by atoms with Crippen molar-refractivity contribution in [3.05, 3.63) is 28.2 Å². The number of benzene rings is 1. The minimum absolute atomic E-state index is 0.373. The maximum Gasteiger partial charge on any atom is 0.124 e. The fraction of sp³-hybridized carbons (Fsp3) is 0.500. The Kier molecular flexibility index (Phi) is 5.12. The van der Waals surface area contributed by atoms with Gasteiger partial charge in [0.15, 0.2) is 0 Å². The van der Waals surface area contributed by atoms with E-state index >= 15 is 0 Å². The molecule has 0 saturated carbocycles. The van der Waals surface area contributed by atoms with Crippen LogP contribution >= 0.6 is 15.9 Å². The van der Waals surface area contributed by atoms with Crippen molar-refractivity contribution in [2.45, 2.75) is 25.8 Å². The van der Waals surface area contributed by atoms with Crippen LogP contribution in [0.5, 0.6) is 5.75 Å². The Bertz CT molecular complexity index is 314. The molecule has 0 aliphatic heterocycles. The van der Waals surface area contributed by atoms with Crippen molar-refractivity contribution in [1.29, 1.82) is 0 Å². The van der Waals surface area contributed by atoms with Crippen molar-refractivity contribution in [2.75, 3.05) is 14.2 Å². The largest absolute Gasteiger partial charge is 0.496 e. The molecule has 0 saturated heterocycles. The predicted octanol–water partition coefficient (Wildman–Crippen LogP) is 3.52. The Morgan fingerprint density at radius 2 is 2.20 bits per heavy atom. The molecule has 1 rings (SSSR count). The molecule has 3 heteroatoms. The van der Waals surface area contributed by atoms with Gasteiger partial charge in [0.2, 0.25) is 0 Å². The normalized spacial score (nSPS) is 12.5. The lowest BCUT2D eigenvalue weighted by Gasteiger charge is -2.18. The molecule has 1 aromatic rings. The van der Waals surface area contributed by atoms with Crippen molar-refractivity contribution in [3.63, 3.8) is 0 Å². The second kappa shape index (κ2) is 6.13. The Balaban J connectivity index is 2.99. The first kappa shape index (κ1) is 12.5. The summed E-state index contributed by atoms with van der Waals surface area (Å²) in [4.78, 5) is 0. The molecule has 0 bridgehead atoms. The minimum atomic E-state index is 0.373. The first-order valence-electron chi connectivity index (χ1n) is 5.23. The van der Waals surface area contributed by atoms with Gasteiger partial charge in [-0.25, -0.2) is 0 Å². The average molecular weight is 272 g/mol. The zero-order chi connectivity index (χ0) is 11.3. The second-order valence-electron chi connectivity index (χ2n) is 3.52. The highest BCUT2D eigenvalue weighted by molar-refractivity contribution is 9.10. The maximum absolute atomic E-state index is 5.39. The van der Waals surface area contributed by atoms with Crippen LogP contribution in [0.15, 0.2) is 22.7 Å². The van der Waals surface area contributed by atoms with Crippen molar-refractivity contribution in [1.82, 2.24) is 5.32 Å². The number of hydrogen-bond donors (Lipinski definition) is 1. The van der Waals surface area contributed by atoms with E-state index in [2.05, 4.69) is 40.3 Å². The molecular formula is C12H18BrNO. The summed E-state index contributed by atoms with van der Waals surface area (Å²) in [5.41, 5.74) is 1.23. The number of hydrogen-bond acceptors (Lipinski definition) is 2. The lowest BCUT2D eigenvalue weighted by atomic mass is 10.0. The topological polar surface area (TPSA) is 21.3 Å². The van der Waals surface area contributed by atoms with Crippen LogP contribution in [0.25, 0.3) is 0 Å². The van der Waals surface area contributed by atoms with E-state index in [1.165, 1.54) is 5.56 Å². The van der Waals surface area contributed by atoms with E-state index in [1.54, 1.807) is 7.11 Å². The molecule has 0 aliphatic carbocycles. The van der Waals surface area contributed by atoms with Gasteiger partial charge in [-0.2, -0.15) is 0 Å². The number of ether oxygens (including phenoxy) is 1. The van der Waals surface area contributed by atoms with E-state index in [0.29, 0.717) is 6.04 Å². The van der Waals surface area contributed by atoms with Gasteiger partial charge in [0.1, 0.15) is 5.75 Å². The fourth-order valence-electron chi connectivity index (χ4n) is 1.72. The zero-order valence-corrected chi connectivity index (χ0v) is 11.1. The van der Waals surface area contributed by atoms with Gasteiger partial charge in [-0.3, -0.25) is 0 Å². The van der Waals surface area contributed by atoms with Crippen LogP contribution in [0.3, 0.4) is 0 Å². The Labute approximate surface area is 100 Å². The summed E-state index contributed by atoms with van der Waals surface area (Å²) in [6, 6.07) is 6.55. The van der Waals surface area contributed by atoms with E-state index in [-0.39, 0.29) is 0 Å². The molecule has 1 N–H and O–H groups in total. The molecule has 84 valence electrons. The molecule has 0 heterocycles. The monoisotopic (exact) mass is 271 g/mol. The molecule has 0 spiro atoms. The lowest BCUT2D eigenvalue weighted by molar-refractivity contribution is 0.398. The molecule has 0 aliphatic rings. The van der Waals surface area contributed by atoms with Gasteiger partial charge in [-0.05, 0) is 25.6 Å². The third-order valence-corrected chi connectivity index (χ3v) is 2.99. The molecule has 1 unspecified atom stereocenters. The van der Waals surface area contributed by atoms with Crippen LogP contribution < -0.4 is 10.1 Å². The van der Waals surface area contributed by atoms with Gasteiger partial charge < -0.3 is 10.1 Å². The summed E-state index contributed by atoms with van der Waals surface area (Å²) in [5.74, 6) is 0.942. The van der Waals surface area contributed by atoms with Gasteiger partial charge >= 0.3 is 0 Å². The van der Waals surface area contributed by atoms with Gasteiger partial charge in [0, 0.05) is 16.1 Å². The van der Waals surface area contributed by atoms with Crippen LogP contribution in [-0.4, -0.2) is 14.2 Å². The molecule has 0 radical (unpaired) electrons. The van der Waals surface area contributed by atoms with Crippen molar-refractivity contribution in [2.24, 2.45) is 0 Å². The van der Waals surface area contributed by atoms with E-state index in [1.807, 2.05) is 13.1 Å². The highest BCUT2D eigenvalue weighted by Crippen LogP contribution is 2.30. The van der Waals surface area contributed by atoms with Crippen LogP contribution in [0.1, 0.15) is 31.4 Å². The quantitative estimate of drug-likeness (QED) is 0.885. The molecule has 1 aromatic carbocycles. The van der Waals surface area contributed by atoms with Crippen molar-refractivity contribution in [3.8, 4) is 5.75 Å². The standard InChI is InChI=1S/C12H18BrNO/c1-4-5-11(14-2)10-7-6-9(13)8-12(10)15-3/h6-8,11,14H,4-5H2,1-3H3. The molecule has 0 fully saturated rings. The second-order valence-corrected chi connectivity index (χ2v) is 4.43. The van der Waals surface area contributed by atoms with Crippen LogP contribution in [0.4, 0.5) is 0 Å². The number of halogens is 1. The third-order valence-electron chi connectivity index (χ3n) is 2.50. The Hall–Kier alpha value is -0.540. The number of rotatable bonds is 5. The Morgan fingerprint density at radius 1 is 1.47 bits per heavy atom. The summed E-state index contributed by atoms with van der Waals surface area (Å²) in [7, 11) is 3.70. The van der Waals surface area contributed by atoms with Gasteiger partial charge in [0.25, 0.3) is 0 Å². The summed E-state index contributed by atoms with van der Waals surface area (Å²) in [5, 5.41) is 3.32. The van der Waals surface area contributed by atoms with Crippen LogP contribution in [0.2, 0.25) is 0 Å². The van der Waals surface area contributed by atoms with E-state index in [4.69, 9.17) is 4.74 Å². The van der Waals surface area contributed by atoms with Crippen molar-refractivity contribution < 1.29 is 4.74 Å². The smallest absolute Gasteiger partial charge is 0.124 e. The molecule has 0 amide bonds. The fourth-order valence-corrected chi connectivity index (χ4v) is 2.06. The molecule has 2 nitrogen and oxygen atoms in total. The molecule has 15 heavy (non-hydrogen) atoms. The number of nitrogens with one attached hydrogen (secondary N) is 1. The van der Waals surface area contributed by atoms with Crippen molar-refractivity contribution >= 4 is 15.9 Å². The number of methoxy groups -OCH3 is 1. The van der Waals surface area contributed by atoms with Gasteiger partial charge in [0.05, 0.1) is 7.11 Å². The van der Waals surface area contributed by atoms with Crippen LogP contribution in [0, 0.1) is 0 Å². The summed E-state index contributed by atoms with van der Waals surface area (Å²) >= 11 is 3.45. The zero-order valence-electron chi connectivity index (χ0n) is 9.51. The lowest BCUT2D eigenvalue weighted by Crippen LogP contribution is -2.16. The van der Waals surface area contributed by atoms with Crippen LogP contribution in [-0.2, 0) is 0 Å². The predicted molar refractivity (Wildman–Crippen MR) is 67.4 cm³/mol. The van der Waals surface area contributed by atoms with E-state index in [0.717, 1.165) is 23.1 Å². The van der Waals surface area contributed by atoms with Gasteiger partial charge in [-0.1, -0.05) is 35.3 Å². The first-order valence-corrected chi connectivity index (χ1v) is 6.03. The van der Waals surface area contributed by atoms with E-state index < -0.39 is 0 Å². The molecule has 1 atom stereocenters. The first-order chi connectivity index (χ1) is 7.22. The summed E-state index contributed by atoms with van der Waals surface area (Å²) in [6.07, 6.45) is 2.28. The molecular weight excluding hydrogens is 254 g/mol. The third kappa shape index (κ3) is 3.21. The SMILES string of the molecule is CCCC(NC)c1ccc(Br)cc1OC.